The molecule has 0 saturated heterocycles. The Morgan fingerprint density at radius 2 is 1.49 bits per heavy atom. The fourth-order valence-electron chi connectivity index (χ4n) is 7.38. The third kappa shape index (κ3) is 3.60. The number of aromatic nitrogens is 3. The highest BCUT2D eigenvalue weighted by Crippen LogP contribution is 2.50. The van der Waals surface area contributed by atoms with E-state index in [2.05, 4.69) is 128 Å². The van der Waals surface area contributed by atoms with Crippen molar-refractivity contribution in [1.82, 2.24) is 14.5 Å². The molecular weight excluding hydrogens is 550 g/mol. The lowest BCUT2D eigenvalue weighted by molar-refractivity contribution is 0.630. The van der Waals surface area contributed by atoms with Crippen LogP contribution in [0.25, 0.3) is 78.2 Å². The molecule has 0 N–H and O–H groups in total. The number of rotatable bonds is 3. The molecule has 0 spiro atoms. The normalized spacial score (nSPS) is 13.9. The van der Waals surface area contributed by atoms with Crippen LogP contribution < -0.4 is 0 Å². The van der Waals surface area contributed by atoms with Gasteiger partial charge in [0.2, 0.25) is 0 Å². The van der Waals surface area contributed by atoms with Gasteiger partial charge >= 0.3 is 0 Å². The lowest BCUT2D eigenvalue weighted by Crippen LogP contribution is -2.26. The van der Waals surface area contributed by atoms with Crippen molar-refractivity contribution in [3.8, 4) is 28.3 Å². The number of hydrogen-bond donors (Lipinski definition) is 0. The lowest BCUT2D eigenvalue weighted by Gasteiger charge is -2.35. The van der Waals surface area contributed by atoms with Crippen LogP contribution in [0.5, 0.6) is 0 Å². The number of hydrogen-bond acceptors (Lipinski definition) is 3. The van der Waals surface area contributed by atoms with Crippen LogP contribution in [-0.4, -0.2) is 14.5 Å². The van der Waals surface area contributed by atoms with Crippen molar-refractivity contribution >= 4 is 49.8 Å². The van der Waals surface area contributed by atoms with Gasteiger partial charge in [-0.3, -0.25) is 0 Å². The van der Waals surface area contributed by atoms with Crippen molar-refractivity contribution in [3.05, 3.63) is 132 Å². The van der Waals surface area contributed by atoms with E-state index in [0.717, 1.165) is 61.4 Å². The Kier molecular flexibility index (Phi) is 5.34. The molecule has 0 atom stereocenters. The molecule has 0 saturated carbocycles. The van der Waals surface area contributed by atoms with Crippen LogP contribution >= 0.6 is 0 Å². The van der Waals surface area contributed by atoms with Crippen molar-refractivity contribution in [1.29, 1.82) is 0 Å². The van der Waals surface area contributed by atoms with Gasteiger partial charge in [-0.05, 0) is 84.3 Å². The molecule has 9 rings (SSSR count). The SMILES string of the molecule is C/C=C\c1nc(-c2ccc3c(c2)C(C)(C)c2cccc4c5oc6ccccc6c5n-3c24)nc(-c2ccc3ccccc3c2)c1C. The summed E-state index contributed by atoms with van der Waals surface area (Å²) in [4.78, 5) is 10.4. The Morgan fingerprint density at radius 3 is 2.36 bits per heavy atom. The Labute approximate surface area is 261 Å². The third-order valence-electron chi connectivity index (χ3n) is 9.67. The maximum atomic E-state index is 6.49. The van der Waals surface area contributed by atoms with Gasteiger partial charge in [-0.1, -0.05) is 80.6 Å². The molecule has 0 radical (unpaired) electrons. The minimum atomic E-state index is -0.246. The van der Waals surface area contributed by atoms with Gasteiger partial charge in [0.1, 0.15) is 11.1 Å². The largest absolute Gasteiger partial charge is 0.454 e. The van der Waals surface area contributed by atoms with E-state index in [9.17, 15) is 0 Å². The van der Waals surface area contributed by atoms with Crippen LogP contribution in [-0.2, 0) is 5.41 Å². The lowest BCUT2D eigenvalue weighted by atomic mass is 9.74. The number of benzene rings is 5. The van der Waals surface area contributed by atoms with Gasteiger partial charge in [0.25, 0.3) is 0 Å². The van der Waals surface area contributed by atoms with Gasteiger partial charge in [0, 0.05) is 32.9 Å². The maximum absolute atomic E-state index is 6.49. The van der Waals surface area contributed by atoms with Gasteiger partial charge in [-0.15, -0.1) is 0 Å². The molecule has 0 bridgehead atoms. The smallest absolute Gasteiger partial charge is 0.161 e. The predicted molar refractivity (Wildman–Crippen MR) is 186 cm³/mol. The molecule has 45 heavy (non-hydrogen) atoms. The highest BCUT2D eigenvalue weighted by molar-refractivity contribution is 6.17. The molecule has 0 fully saturated rings. The van der Waals surface area contributed by atoms with E-state index in [1.165, 1.54) is 33.1 Å². The molecule has 8 aromatic rings. The van der Waals surface area contributed by atoms with Crippen molar-refractivity contribution < 1.29 is 4.42 Å². The second-order valence-electron chi connectivity index (χ2n) is 12.6. The molecule has 1 aliphatic heterocycles. The second-order valence-corrected chi connectivity index (χ2v) is 12.6. The standard InChI is InChI=1S/C41H31N3O/c1-5-11-33-24(2)36(27-19-18-25-12-6-7-13-26(25)22-27)43-40(42-33)28-20-21-34-32(23-28)41(3,4)31-16-10-15-30-37(31)44(34)38-29-14-8-9-17-35(29)45-39(30)38/h5-23H,1-4H3/b11-5-. The summed E-state index contributed by atoms with van der Waals surface area (Å²) in [6.45, 7) is 8.80. The number of furan rings is 1. The van der Waals surface area contributed by atoms with Crippen molar-refractivity contribution in [2.24, 2.45) is 0 Å². The van der Waals surface area contributed by atoms with Crippen LogP contribution in [0.3, 0.4) is 0 Å². The van der Waals surface area contributed by atoms with Gasteiger partial charge in [-0.2, -0.15) is 0 Å². The molecule has 4 heteroatoms. The average molecular weight is 582 g/mol. The Hall–Kier alpha value is -5.48. The fraction of sp³-hybridized carbons (Fsp3) is 0.122. The third-order valence-corrected chi connectivity index (χ3v) is 9.67. The summed E-state index contributed by atoms with van der Waals surface area (Å²) in [5.74, 6) is 0.728. The maximum Gasteiger partial charge on any atom is 0.161 e. The fourth-order valence-corrected chi connectivity index (χ4v) is 7.38. The summed E-state index contributed by atoms with van der Waals surface area (Å²) in [5, 5.41) is 4.70. The second kappa shape index (κ2) is 9.26. The Bertz CT molecular complexity index is 2540. The van der Waals surface area contributed by atoms with Gasteiger partial charge in [0.15, 0.2) is 11.4 Å². The van der Waals surface area contributed by atoms with Crippen LogP contribution in [0.1, 0.15) is 43.2 Å². The Morgan fingerprint density at radius 1 is 0.711 bits per heavy atom. The Balaban J connectivity index is 1.29. The molecule has 0 aliphatic carbocycles. The van der Waals surface area contributed by atoms with E-state index in [1.807, 2.05) is 19.1 Å². The first-order valence-electron chi connectivity index (χ1n) is 15.5. The molecule has 4 heterocycles. The summed E-state index contributed by atoms with van der Waals surface area (Å²) in [6, 6.07) is 36.7. The molecule has 3 aromatic heterocycles. The number of allylic oxidation sites excluding steroid dienone is 1. The van der Waals surface area contributed by atoms with E-state index in [-0.39, 0.29) is 5.41 Å². The minimum absolute atomic E-state index is 0.246. The zero-order chi connectivity index (χ0) is 30.4. The molecule has 0 amide bonds. The molecule has 4 nitrogen and oxygen atoms in total. The van der Waals surface area contributed by atoms with Crippen molar-refractivity contribution in [2.45, 2.75) is 33.1 Å². The summed E-state index contributed by atoms with van der Waals surface area (Å²) < 4.78 is 8.90. The number of para-hydroxylation sites is 2. The van der Waals surface area contributed by atoms with E-state index >= 15 is 0 Å². The first kappa shape index (κ1) is 26.0. The zero-order valence-corrected chi connectivity index (χ0v) is 25.7. The van der Waals surface area contributed by atoms with Gasteiger partial charge in [0.05, 0.1) is 22.6 Å². The molecule has 1 aliphatic rings. The topological polar surface area (TPSA) is 43.9 Å². The summed E-state index contributed by atoms with van der Waals surface area (Å²) in [7, 11) is 0. The van der Waals surface area contributed by atoms with Crippen molar-refractivity contribution in [2.75, 3.05) is 0 Å². The van der Waals surface area contributed by atoms with E-state index in [4.69, 9.17) is 14.4 Å². The molecule has 5 aromatic carbocycles. The zero-order valence-electron chi connectivity index (χ0n) is 25.7. The first-order valence-corrected chi connectivity index (χ1v) is 15.5. The monoisotopic (exact) mass is 581 g/mol. The quantitative estimate of drug-likeness (QED) is 0.208. The number of nitrogens with zero attached hydrogens (tertiary/aromatic N) is 3. The first-order chi connectivity index (χ1) is 21.9. The number of fused-ring (bicyclic) bond motifs is 8. The minimum Gasteiger partial charge on any atom is -0.454 e. The van der Waals surface area contributed by atoms with Crippen LogP contribution in [0, 0.1) is 6.92 Å². The highest BCUT2D eigenvalue weighted by atomic mass is 16.3. The van der Waals surface area contributed by atoms with Crippen molar-refractivity contribution in [3.63, 3.8) is 0 Å². The molecule has 216 valence electrons. The van der Waals surface area contributed by atoms with E-state index < -0.39 is 0 Å². The van der Waals surface area contributed by atoms with Gasteiger partial charge in [-0.25, -0.2) is 9.97 Å². The van der Waals surface area contributed by atoms with Crippen LogP contribution in [0.4, 0.5) is 0 Å². The highest BCUT2D eigenvalue weighted by Gasteiger charge is 2.36. The van der Waals surface area contributed by atoms with E-state index in [0.29, 0.717) is 0 Å². The summed E-state index contributed by atoms with van der Waals surface area (Å²) in [5.41, 5.74) is 12.7. The average Bonchev–Trinajstić information content (AvgIpc) is 3.60. The van der Waals surface area contributed by atoms with Gasteiger partial charge < -0.3 is 8.98 Å². The van der Waals surface area contributed by atoms with Crippen LogP contribution in [0.2, 0.25) is 0 Å². The molecular formula is C41H31N3O. The van der Waals surface area contributed by atoms with E-state index in [1.54, 1.807) is 0 Å². The molecule has 0 unspecified atom stereocenters. The predicted octanol–water partition coefficient (Wildman–Crippen LogP) is 10.8. The van der Waals surface area contributed by atoms with Crippen LogP contribution in [0.15, 0.2) is 114 Å². The summed E-state index contributed by atoms with van der Waals surface area (Å²) in [6.07, 6.45) is 4.13. The summed E-state index contributed by atoms with van der Waals surface area (Å²) >= 11 is 0.